The third-order valence-electron chi connectivity index (χ3n) is 3.37. The summed E-state index contributed by atoms with van der Waals surface area (Å²) in [6, 6.07) is 3.38. The van der Waals surface area contributed by atoms with Gasteiger partial charge in [0.05, 0.1) is 5.02 Å². The first-order valence-corrected chi connectivity index (χ1v) is 7.05. The van der Waals surface area contributed by atoms with E-state index in [9.17, 15) is 4.79 Å². The lowest BCUT2D eigenvalue weighted by molar-refractivity contribution is 0.0691. The van der Waals surface area contributed by atoms with E-state index in [0.29, 0.717) is 11.7 Å². The van der Waals surface area contributed by atoms with E-state index in [0.717, 1.165) is 25.9 Å². The highest BCUT2D eigenvalue weighted by Crippen LogP contribution is 2.21. The molecule has 0 unspecified atom stereocenters. The second-order valence-electron chi connectivity index (χ2n) is 4.53. The zero-order valence-electron chi connectivity index (χ0n) is 11.7. The van der Waals surface area contributed by atoms with Crippen LogP contribution in [0.3, 0.4) is 0 Å². The molecule has 0 spiro atoms. The van der Waals surface area contributed by atoms with Gasteiger partial charge < -0.3 is 10.0 Å². The van der Waals surface area contributed by atoms with Gasteiger partial charge in [0.25, 0.3) is 0 Å². The second kappa shape index (κ2) is 7.34. The Morgan fingerprint density at radius 3 is 2.47 bits per heavy atom. The van der Waals surface area contributed by atoms with Crippen LogP contribution in [0.25, 0.3) is 0 Å². The molecule has 19 heavy (non-hydrogen) atoms. The topological polar surface area (TPSA) is 53.4 Å². The predicted molar refractivity (Wildman–Crippen MR) is 78.2 cm³/mol. The van der Waals surface area contributed by atoms with Gasteiger partial charge in [0.15, 0.2) is 5.69 Å². The van der Waals surface area contributed by atoms with Gasteiger partial charge in [0.1, 0.15) is 5.82 Å². The smallest absolute Gasteiger partial charge is 0.356 e. The summed E-state index contributed by atoms with van der Waals surface area (Å²) in [5.41, 5.74) is -0.0813. The van der Waals surface area contributed by atoms with Crippen molar-refractivity contribution in [1.82, 2.24) is 4.98 Å². The zero-order valence-corrected chi connectivity index (χ0v) is 12.4. The van der Waals surface area contributed by atoms with Gasteiger partial charge >= 0.3 is 5.97 Å². The fraction of sp³-hybridized carbons (Fsp3) is 0.571. The molecule has 0 aliphatic heterocycles. The Morgan fingerprint density at radius 1 is 1.37 bits per heavy atom. The molecule has 0 atom stereocenters. The van der Waals surface area contributed by atoms with Gasteiger partial charge in [-0.2, -0.15) is 0 Å². The maximum Gasteiger partial charge on any atom is 0.356 e. The molecule has 0 aliphatic carbocycles. The second-order valence-corrected chi connectivity index (χ2v) is 4.93. The third-order valence-corrected chi connectivity index (χ3v) is 3.68. The van der Waals surface area contributed by atoms with Crippen molar-refractivity contribution in [2.24, 2.45) is 5.92 Å². The van der Waals surface area contributed by atoms with Crippen molar-refractivity contribution in [2.75, 3.05) is 18.0 Å². The molecule has 1 N–H and O–H groups in total. The number of halogens is 1. The number of anilines is 1. The van der Waals surface area contributed by atoms with Crippen LogP contribution in [-0.4, -0.2) is 29.1 Å². The average molecular weight is 285 g/mol. The largest absolute Gasteiger partial charge is 0.476 e. The Balaban J connectivity index is 2.98. The van der Waals surface area contributed by atoms with Crippen molar-refractivity contribution in [1.29, 1.82) is 0 Å². The lowest BCUT2D eigenvalue weighted by Gasteiger charge is -2.26. The fourth-order valence-corrected chi connectivity index (χ4v) is 2.19. The number of carboxylic acids is 1. The van der Waals surface area contributed by atoms with Crippen LogP contribution in [-0.2, 0) is 0 Å². The number of nitrogens with zero attached hydrogens (tertiary/aromatic N) is 2. The van der Waals surface area contributed by atoms with E-state index in [4.69, 9.17) is 16.7 Å². The summed E-state index contributed by atoms with van der Waals surface area (Å²) in [6.45, 7) is 8.06. The molecular weight excluding hydrogens is 264 g/mol. The Morgan fingerprint density at radius 2 is 2.00 bits per heavy atom. The van der Waals surface area contributed by atoms with Crippen LogP contribution in [0.2, 0.25) is 5.02 Å². The average Bonchev–Trinajstić information content (AvgIpc) is 2.41. The predicted octanol–water partition coefficient (Wildman–Crippen LogP) is 3.70. The standard InChI is InChI=1S/C14H21ClN2O2/c1-4-10(5-2)9-17(6-3)12-8-7-11(15)13(16-12)14(18)19/h7-8,10H,4-6,9H2,1-3H3,(H,18,19). The minimum Gasteiger partial charge on any atom is -0.476 e. The first kappa shape index (κ1) is 15.8. The van der Waals surface area contributed by atoms with Crippen LogP contribution in [0.5, 0.6) is 0 Å². The van der Waals surface area contributed by atoms with Gasteiger partial charge in [-0.1, -0.05) is 38.3 Å². The molecule has 0 bridgehead atoms. The Kier molecular flexibility index (Phi) is 6.09. The van der Waals surface area contributed by atoms with E-state index in [2.05, 4.69) is 23.7 Å². The molecule has 0 aromatic carbocycles. The summed E-state index contributed by atoms with van der Waals surface area (Å²) in [7, 11) is 0. The molecule has 1 aromatic heterocycles. The minimum atomic E-state index is -1.09. The summed E-state index contributed by atoms with van der Waals surface area (Å²) < 4.78 is 0. The number of hydrogen-bond acceptors (Lipinski definition) is 3. The van der Waals surface area contributed by atoms with Gasteiger partial charge in [-0.05, 0) is 25.0 Å². The quantitative estimate of drug-likeness (QED) is 0.829. The number of aromatic nitrogens is 1. The van der Waals surface area contributed by atoms with Crippen molar-refractivity contribution < 1.29 is 9.90 Å². The molecule has 106 valence electrons. The summed E-state index contributed by atoms with van der Waals surface area (Å²) in [5.74, 6) is 0.173. The van der Waals surface area contributed by atoms with E-state index in [1.54, 1.807) is 12.1 Å². The molecule has 0 saturated heterocycles. The molecule has 5 heteroatoms. The SMILES string of the molecule is CCC(CC)CN(CC)c1ccc(Cl)c(C(=O)O)n1. The first-order chi connectivity index (χ1) is 9.03. The highest BCUT2D eigenvalue weighted by molar-refractivity contribution is 6.33. The minimum absolute atomic E-state index is 0.0813. The Labute approximate surface area is 119 Å². The lowest BCUT2D eigenvalue weighted by atomic mass is 10.0. The van der Waals surface area contributed by atoms with Gasteiger partial charge in [-0.25, -0.2) is 9.78 Å². The molecule has 1 aromatic rings. The van der Waals surface area contributed by atoms with Crippen LogP contribution in [0.1, 0.15) is 44.1 Å². The number of pyridine rings is 1. The van der Waals surface area contributed by atoms with Crippen molar-refractivity contribution in [3.05, 3.63) is 22.8 Å². The van der Waals surface area contributed by atoms with E-state index < -0.39 is 5.97 Å². The van der Waals surface area contributed by atoms with Crippen molar-refractivity contribution in [3.63, 3.8) is 0 Å². The van der Waals surface area contributed by atoms with Crippen molar-refractivity contribution >= 4 is 23.4 Å². The molecule has 1 heterocycles. The summed E-state index contributed by atoms with van der Waals surface area (Å²) in [5, 5.41) is 9.23. The maximum absolute atomic E-state index is 11.1. The zero-order chi connectivity index (χ0) is 14.4. The molecule has 0 aliphatic rings. The van der Waals surface area contributed by atoms with Crippen LogP contribution in [0.15, 0.2) is 12.1 Å². The van der Waals surface area contributed by atoms with Gasteiger partial charge in [0, 0.05) is 13.1 Å². The summed E-state index contributed by atoms with van der Waals surface area (Å²) in [4.78, 5) is 17.3. The van der Waals surface area contributed by atoms with Crippen LogP contribution in [0, 0.1) is 5.92 Å². The summed E-state index contributed by atoms with van der Waals surface area (Å²) >= 11 is 5.84. The third kappa shape index (κ3) is 4.10. The molecule has 0 amide bonds. The number of aromatic carboxylic acids is 1. The monoisotopic (exact) mass is 284 g/mol. The molecule has 0 radical (unpaired) electrons. The molecular formula is C14H21ClN2O2. The van der Waals surface area contributed by atoms with Crippen molar-refractivity contribution in [3.8, 4) is 0 Å². The highest BCUT2D eigenvalue weighted by Gasteiger charge is 2.16. The first-order valence-electron chi connectivity index (χ1n) is 6.68. The molecule has 0 saturated carbocycles. The molecule has 0 fully saturated rings. The van der Waals surface area contributed by atoms with Gasteiger partial charge in [-0.3, -0.25) is 0 Å². The Hall–Kier alpha value is -1.29. The van der Waals surface area contributed by atoms with E-state index >= 15 is 0 Å². The van der Waals surface area contributed by atoms with Crippen molar-refractivity contribution in [2.45, 2.75) is 33.6 Å². The fourth-order valence-electron chi connectivity index (χ4n) is 2.00. The van der Waals surface area contributed by atoms with Crippen LogP contribution >= 0.6 is 11.6 Å². The maximum atomic E-state index is 11.1. The summed E-state index contributed by atoms with van der Waals surface area (Å²) in [6.07, 6.45) is 2.21. The van der Waals surface area contributed by atoms with Gasteiger partial charge in [0.2, 0.25) is 0 Å². The van der Waals surface area contributed by atoms with Gasteiger partial charge in [-0.15, -0.1) is 0 Å². The lowest BCUT2D eigenvalue weighted by Crippen LogP contribution is -2.30. The number of carboxylic acid groups (broad SMARTS) is 1. The van der Waals surface area contributed by atoms with E-state index in [1.807, 2.05) is 6.92 Å². The number of rotatable bonds is 7. The van der Waals surface area contributed by atoms with E-state index in [-0.39, 0.29) is 10.7 Å². The molecule has 1 rings (SSSR count). The Bertz CT molecular complexity index is 433. The highest BCUT2D eigenvalue weighted by atomic mass is 35.5. The number of carbonyl (C=O) groups is 1. The molecule has 4 nitrogen and oxygen atoms in total. The van der Waals surface area contributed by atoms with E-state index in [1.165, 1.54) is 0 Å². The van der Waals surface area contributed by atoms with Crippen LogP contribution < -0.4 is 4.90 Å². The number of hydrogen-bond donors (Lipinski definition) is 1. The van der Waals surface area contributed by atoms with Crippen LogP contribution in [0.4, 0.5) is 5.82 Å². The normalized spacial score (nSPS) is 10.8.